The summed E-state index contributed by atoms with van der Waals surface area (Å²) in [6.07, 6.45) is 0. The van der Waals surface area contributed by atoms with E-state index in [2.05, 4.69) is 10.9 Å². The van der Waals surface area contributed by atoms with E-state index in [-0.39, 0.29) is 55.6 Å². The van der Waals surface area contributed by atoms with Crippen molar-refractivity contribution in [1.29, 1.82) is 5.26 Å². The Labute approximate surface area is 420 Å². The van der Waals surface area contributed by atoms with Gasteiger partial charge in [0.2, 0.25) is 5.69 Å². The summed E-state index contributed by atoms with van der Waals surface area (Å²) >= 11 is 2.98. The van der Waals surface area contributed by atoms with Gasteiger partial charge in [0.1, 0.15) is 6.07 Å². The van der Waals surface area contributed by atoms with Gasteiger partial charge in [-0.25, -0.2) is 4.85 Å². The fourth-order valence-corrected chi connectivity index (χ4v) is 13.2. The first-order valence-corrected chi connectivity index (χ1v) is 23.5. The van der Waals surface area contributed by atoms with Crippen LogP contribution in [0.5, 0.6) is 0 Å². The summed E-state index contributed by atoms with van der Waals surface area (Å²) in [5, 5.41) is 18.4. The number of fused-ring (bicyclic) bond motifs is 17. The number of thiophene rings is 2. The maximum atomic E-state index is 12.5. The topological polar surface area (TPSA) is 42.9 Å². The largest absolute Gasteiger partial charge is 0.318 e. The molecule has 15 aromatic rings. The Kier molecular flexibility index (Phi) is 5.71. The van der Waals surface area contributed by atoms with E-state index in [1.54, 1.807) is 0 Å². The average Bonchev–Trinajstić information content (AvgIpc) is 3.11. The number of para-hydroxylation sites is 4. The number of nitriles is 1. The molecule has 0 aliphatic heterocycles. The maximum absolute atomic E-state index is 12.5. The summed E-state index contributed by atoms with van der Waals surface area (Å²) in [5.41, 5.74) is -0.402. The van der Waals surface area contributed by atoms with Gasteiger partial charge < -0.3 is 13.7 Å². The molecular weight excluding hydrogens is 879 g/mol. The Bertz CT molecular complexity index is 5290. The van der Waals surface area contributed by atoms with Crippen molar-refractivity contribution in [3.63, 3.8) is 0 Å². The van der Waals surface area contributed by atoms with Crippen LogP contribution in [0, 0.1) is 17.9 Å². The van der Waals surface area contributed by atoms with Crippen molar-refractivity contribution < 1.29 is 17.8 Å². The van der Waals surface area contributed by atoms with Gasteiger partial charge in [0.15, 0.2) is 0 Å². The Hall–Kier alpha value is -8.98. The van der Waals surface area contributed by atoms with Crippen LogP contribution in [0.1, 0.15) is 23.4 Å². The summed E-state index contributed by atoms with van der Waals surface area (Å²) in [7, 11) is 0. The zero-order valence-corrected chi connectivity index (χ0v) is 37.2. The average molecular weight is 925 g/mol. The molecule has 10 aromatic carbocycles. The predicted molar refractivity (Wildman–Crippen MR) is 292 cm³/mol. The number of nitrogens with zero attached hydrogens (tertiary/aromatic N) is 5. The molecule has 318 valence electrons. The number of rotatable bonds is 4. The highest BCUT2D eigenvalue weighted by atomic mass is 32.1. The molecule has 0 unspecified atom stereocenters. The molecule has 0 spiro atoms. The van der Waals surface area contributed by atoms with Crippen molar-refractivity contribution in [3.05, 3.63) is 217 Å². The van der Waals surface area contributed by atoms with E-state index in [4.69, 9.17) is 6.85 Å². The van der Waals surface area contributed by atoms with Crippen LogP contribution < -0.4 is 0 Å². The van der Waals surface area contributed by atoms with E-state index in [0.717, 1.165) is 40.3 Å². The summed E-state index contributed by atoms with van der Waals surface area (Å²) in [5.74, 6) is 0. The molecule has 5 heterocycles. The predicted octanol–water partition coefficient (Wildman–Crippen LogP) is 17.8. The van der Waals surface area contributed by atoms with Crippen molar-refractivity contribution in [2.24, 2.45) is 0 Å². The van der Waals surface area contributed by atoms with Crippen LogP contribution in [0.4, 0.5) is 5.69 Å². The first kappa shape index (κ1) is 27.6. The molecule has 15 rings (SSSR count). The molecule has 0 aliphatic carbocycles. The lowest BCUT2D eigenvalue weighted by Gasteiger charge is -2.26. The van der Waals surface area contributed by atoms with Gasteiger partial charge >= 0.3 is 0 Å². The molecule has 0 N–H and O–H groups in total. The van der Waals surface area contributed by atoms with E-state index in [0.29, 0.717) is 43.6 Å². The van der Waals surface area contributed by atoms with Crippen LogP contribution in [0.2, 0.25) is 0 Å². The third kappa shape index (κ3) is 5.05. The highest BCUT2D eigenvalue weighted by molar-refractivity contribution is 7.27. The second-order valence-electron chi connectivity index (χ2n) is 16.7. The van der Waals surface area contributed by atoms with E-state index in [1.165, 1.54) is 27.2 Å². The summed E-state index contributed by atoms with van der Waals surface area (Å²) in [4.78, 5) is 4.38. The lowest BCUT2D eigenvalue weighted by Crippen LogP contribution is -2.11. The van der Waals surface area contributed by atoms with Crippen molar-refractivity contribution in [2.75, 3.05) is 0 Å². The fourth-order valence-electron chi connectivity index (χ4n) is 10.8. The third-order valence-corrected chi connectivity index (χ3v) is 15.8. The number of benzene rings is 10. The number of hydrogen-bond acceptors (Lipinski definition) is 3. The van der Waals surface area contributed by atoms with E-state index >= 15 is 0 Å². The minimum absolute atomic E-state index is 0.0827. The van der Waals surface area contributed by atoms with Gasteiger partial charge in [-0.3, -0.25) is 0 Å². The smallest absolute Gasteiger partial charge is 0.236 e. The van der Waals surface area contributed by atoms with Gasteiger partial charge in [-0.05, 0) is 41.9 Å². The van der Waals surface area contributed by atoms with Gasteiger partial charge in [0, 0.05) is 68.8 Å². The first-order chi connectivity index (χ1) is 39.6. The SMILES string of the molecule is [2H]c1c([2H])c([2H])c(-c2c(-n3c4ccccc4c4ccc5c6ccccc6sc5c43)c(C#N)c(-n3c4c([2H])c([2H])c([2H])c([2H])c4c4c([2H])c([2H])c([2H])c([2H])c43)c([N+]#[C-])c2-n2c3ccccc3c3ccc4c5ccccc5sc4c32)c([2H])c1[2H]. The summed E-state index contributed by atoms with van der Waals surface area (Å²) in [6, 6.07) is 32.3. The standard InChI is InChI=1S/C62H33N5S2/c1-64-55-57(65-48-25-11-5-19-37(48)38-20-6-12-26-49(38)65)47(35-63)56(66-50-27-13-7-21-39(50)43-31-33-45-41-23-9-15-29-52(41)68-61(45)58(43)66)54(36-17-3-2-4-18-36)60(55)67-51-28-14-8-22-40(51)44-32-34-46-42-24-10-16-30-53(42)69-62(46)59(44)67/h2-34H/i2D,3D,4D,5D,6D,11D,12D,17D,18D,19D,20D,25D,26D. The number of hydrogen-bond donors (Lipinski definition) is 0. The molecule has 0 amide bonds. The molecule has 5 aromatic heterocycles. The third-order valence-electron chi connectivity index (χ3n) is 13.4. The van der Waals surface area contributed by atoms with Crippen molar-refractivity contribution >= 4 is 134 Å². The van der Waals surface area contributed by atoms with Crippen LogP contribution in [0.25, 0.3) is 139 Å². The molecule has 0 fully saturated rings. The number of aromatic nitrogens is 3. The Morgan fingerprint density at radius 1 is 0.435 bits per heavy atom. The van der Waals surface area contributed by atoms with Gasteiger partial charge in [-0.1, -0.05) is 164 Å². The molecule has 0 bridgehead atoms. The molecule has 69 heavy (non-hydrogen) atoms. The first-order valence-electron chi connectivity index (χ1n) is 28.4. The molecule has 0 aliphatic rings. The van der Waals surface area contributed by atoms with Gasteiger partial charge in [0.25, 0.3) is 0 Å². The lowest BCUT2D eigenvalue weighted by atomic mass is 9.93. The minimum atomic E-state index is -0.722. The van der Waals surface area contributed by atoms with E-state index in [9.17, 15) is 22.8 Å². The maximum Gasteiger partial charge on any atom is 0.236 e. The van der Waals surface area contributed by atoms with Crippen LogP contribution in [-0.4, -0.2) is 13.7 Å². The van der Waals surface area contributed by atoms with Crippen LogP contribution in [-0.2, 0) is 0 Å². The summed E-state index contributed by atoms with van der Waals surface area (Å²) in [6.45, 7) is 9.68. The van der Waals surface area contributed by atoms with Gasteiger partial charge in [-0.2, -0.15) is 5.26 Å². The molecule has 0 radical (unpaired) electrons. The monoisotopic (exact) mass is 924 g/mol. The lowest BCUT2D eigenvalue weighted by molar-refractivity contribution is 1.10. The molecular formula is C62H33N5S2. The molecule has 7 heteroatoms. The Balaban J connectivity index is 1.34. The molecule has 5 nitrogen and oxygen atoms in total. The van der Waals surface area contributed by atoms with E-state index < -0.39 is 84.2 Å². The minimum Gasteiger partial charge on any atom is -0.318 e. The highest BCUT2D eigenvalue weighted by Gasteiger charge is 2.34. The second kappa shape index (κ2) is 14.3. The van der Waals surface area contributed by atoms with Gasteiger partial charge in [-0.15, -0.1) is 22.7 Å². The highest BCUT2D eigenvalue weighted by Crippen LogP contribution is 2.54. The van der Waals surface area contributed by atoms with Crippen LogP contribution in [0.3, 0.4) is 0 Å². The van der Waals surface area contributed by atoms with Crippen LogP contribution >= 0.6 is 22.7 Å². The molecule has 0 atom stereocenters. The van der Waals surface area contributed by atoms with E-state index in [1.807, 2.05) is 130 Å². The Morgan fingerprint density at radius 2 is 0.899 bits per heavy atom. The Morgan fingerprint density at radius 3 is 1.43 bits per heavy atom. The zero-order chi connectivity index (χ0) is 56.8. The molecule has 0 saturated heterocycles. The van der Waals surface area contributed by atoms with Crippen molar-refractivity contribution in [1.82, 2.24) is 13.7 Å². The summed E-state index contributed by atoms with van der Waals surface area (Å²) < 4.78 is 131. The van der Waals surface area contributed by atoms with Crippen molar-refractivity contribution in [3.8, 4) is 34.3 Å². The normalized spacial score (nSPS) is 14.7. The zero-order valence-electron chi connectivity index (χ0n) is 48.6. The molecule has 0 saturated carbocycles. The fraction of sp³-hybridized carbons (Fsp3) is 0. The quantitative estimate of drug-likeness (QED) is 0.162. The van der Waals surface area contributed by atoms with Crippen LogP contribution in [0.15, 0.2) is 200 Å². The second-order valence-corrected chi connectivity index (χ2v) is 18.8. The van der Waals surface area contributed by atoms with Gasteiger partial charge in [0.05, 0.1) is 89.5 Å². The van der Waals surface area contributed by atoms with Crippen molar-refractivity contribution in [2.45, 2.75) is 0 Å².